The molecule has 4 bridgehead atoms. The van der Waals surface area contributed by atoms with Crippen molar-refractivity contribution in [1.82, 2.24) is 0 Å². The van der Waals surface area contributed by atoms with Crippen molar-refractivity contribution in [2.24, 2.45) is 10.8 Å². The molecule has 1 aromatic carbocycles. The standard InChI is InChI=1S/C20H28N2O3/c1-5-19-10-21-12-20(6-2,18(19)23)13-22(11-19)17(21)14-7-8-15(24-3)16(9-14)25-4/h7-9,17H,5-6,10-13H2,1-4H3/p+2. The van der Waals surface area contributed by atoms with Crippen LogP contribution in [0.2, 0.25) is 0 Å². The van der Waals surface area contributed by atoms with Gasteiger partial charge in [0.05, 0.1) is 19.8 Å². The molecule has 4 fully saturated rings. The molecule has 1 aromatic rings. The predicted octanol–water partition coefficient (Wildman–Crippen LogP) is -0.125. The van der Waals surface area contributed by atoms with E-state index in [0.717, 1.165) is 50.5 Å². The molecular weight excluding hydrogens is 316 g/mol. The molecule has 0 atom stereocenters. The highest BCUT2D eigenvalue weighted by Crippen LogP contribution is 2.41. The van der Waals surface area contributed by atoms with Crippen LogP contribution in [0.5, 0.6) is 11.5 Å². The Morgan fingerprint density at radius 1 is 0.960 bits per heavy atom. The van der Waals surface area contributed by atoms with Crippen LogP contribution in [0.3, 0.4) is 0 Å². The zero-order valence-electron chi connectivity index (χ0n) is 15.8. The molecule has 2 N–H and O–H groups in total. The first kappa shape index (κ1) is 16.9. The lowest BCUT2D eigenvalue weighted by Crippen LogP contribution is -3.41. The Balaban J connectivity index is 1.73. The summed E-state index contributed by atoms with van der Waals surface area (Å²) >= 11 is 0. The molecule has 5 heteroatoms. The minimum absolute atomic E-state index is 0.107. The van der Waals surface area contributed by atoms with Gasteiger partial charge in [0.15, 0.2) is 17.3 Å². The summed E-state index contributed by atoms with van der Waals surface area (Å²) in [5.74, 6) is 2.13. The largest absolute Gasteiger partial charge is 0.493 e. The molecule has 5 nitrogen and oxygen atoms in total. The smallest absolute Gasteiger partial charge is 0.240 e. The van der Waals surface area contributed by atoms with Gasteiger partial charge in [-0.2, -0.15) is 0 Å². The fourth-order valence-electron chi connectivity index (χ4n) is 5.89. The third-order valence-electron chi connectivity index (χ3n) is 7.14. The second-order valence-corrected chi connectivity index (χ2v) is 8.17. The fourth-order valence-corrected chi connectivity index (χ4v) is 5.89. The van der Waals surface area contributed by atoms with Crippen LogP contribution in [0.4, 0.5) is 0 Å². The van der Waals surface area contributed by atoms with Gasteiger partial charge >= 0.3 is 0 Å². The van der Waals surface area contributed by atoms with Crippen molar-refractivity contribution in [2.75, 3.05) is 40.4 Å². The number of carbonyl (C=O) groups excluding carboxylic acids is 1. The Morgan fingerprint density at radius 2 is 1.48 bits per heavy atom. The molecule has 4 heterocycles. The molecule has 0 spiro atoms. The molecular formula is C20H30N2O3+2. The quantitative estimate of drug-likeness (QED) is 0.781. The maximum absolute atomic E-state index is 13.2. The molecule has 0 unspecified atom stereocenters. The average molecular weight is 346 g/mol. The summed E-state index contributed by atoms with van der Waals surface area (Å²) in [7, 11) is 3.36. The number of benzene rings is 1. The van der Waals surface area contributed by atoms with Crippen molar-refractivity contribution in [3.63, 3.8) is 0 Å². The number of ether oxygens (including phenoxy) is 2. The van der Waals surface area contributed by atoms with E-state index in [0.29, 0.717) is 11.9 Å². The Kier molecular flexibility index (Phi) is 3.85. The van der Waals surface area contributed by atoms with E-state index in [1.54, 1.807) is 24.0 Å². The van der Waals surface area contributed by atoms with E-state index in [1.165, 1.54) is 5.56 Å². The Morgan fingerprint density at radius 3 is 1.92 bits per heavy atom. The van der Waals surface area contributed by atoms with Crippen LogP contribution in [-0.2, 0) is 4.79 Å². The van der Waals surface area contributed by atoms with Gasteiger partial charge in [-0.3, -0.25) is 14.6 Å². The van der Waals surface area contributed by atoms with Gasteiger partial charge < -0.3 is 9.47 Å². The van der Waals surface area contributed by atoms with E-state index in [2.05, 4.69) is 26.0 Å². The maximum Gasteiger partial charge on any atom is 0.240 e. The number of piperidine rings is 2. The second-order valence-electron chi connectivity index (χ2n) is 8.17. The summed E-state index contributed by atoms with van der Waals surface area (Å²) in [6.07, 6.45) is 2.34. The van der Waals surface area contributed by atoms with Crippen LogP contribution in [0.25, 0.3) is 0 Å². The zero-order chi connectivity index (χ0) is 17.8. The first-order valence-corrected chi connectivity index (χ1v) is 9.48. The first-order chi connectivity index (χ1) is 12.0. The molecule has 4 aliphatic heterocycles. The molecule has 5 rings (SSSR count). The van der Waals surface area contributed by atoms with Crippen molar-refractivity contribution < 1.29 is 24.1 Å². The SMILES string of the molecule is CCC12C[NH+]3CC(CC)(C[NH+](C1)C3c1ccc(OC)c(OC)c1)C2=O. The minimum atomic E-state index is -0.107. The summed E-state index contributed by atoms with van der Waals surface area (Å²) in [5, 5.41) is 0. The summed E-state index contributed by atoms with van der Waals surface area (Å²) < 4.78 is 10.9. The lowest BCUT2D eigenvalue weighted by atomic mass is 9.58. The highest BCUT2D eigenvalue weighted by molar-refractivity contribution is 5.92. The molecule has 136 valence electrons. The Bertz CT molecular complexity index is 660. The summed E-state index contributed by atoms with van der Waals surface area (Å²) in [4.78, 5) is 16.4. The fraction of sp³-hybridized carbons (Fsp3) is 0.650. The summed E-state index contributed by atoms with van der Waals surface area (Å²) in [6.45, 7) is 8.31. The van der Waals surface area contributed by atoms with Gasteiger partial charge in [-0.25, -0.2) is 0 Å². The van der Waals surface area contributed by atoms with Gasteiger partial charge in [0.1, 0.15) is 37.0 Å². The van der Waals surface area contributed by atoms with Crippen LogP contribution in [0.1, 0.15) is 38.4 Å². The normalized spacial score (nSPS) is 38.9. The lowest BCUT2D eigenvalue weighted by Gasteiger charge is -2.60. The van der Waals surface area contributed by atoms with E-state index >= 15 is 0 Å². The lowest BCUT2D eigenvalue weighted by molar-refractivity contribution is -1.18. The van der Waals surface area contributed by atoms with E-state index in [1.807, 2.05) is 6.07 Å². The van der Waals surface area contributed by atoms with Crippen molar-refractivity contribution in [1.29, 1.82) is 0 Å². The number of Topliss-reactive ketones (excluding diaryl/α,β-unsaturated/α-hetero) is 1. The van der Waals surface area contributed by atoms with Crippen LogP contribution < -0.4 is 19.3 Å². The van der Waals surface area contributed by atoms with Crippen LogP contribution in [0, 0.1) is 10.8 Å². The van der Waals surface area contributed by atoms with Gasteiger partial charge in [-0.05, 0) is 31.0 Å². The number of quaternary nitrogens is 2. The average Bonchev–Trinajstić information content (AvgIpc) is 2.64. The summed E-state index contributed by atoms with van der Waals surface area (Å²) in [6, 6.07) is 6.31. The summed E-state index contributed by atoms with van der Waals surface area (Å²) in [5.41, 5.74) is 1.08. The molecule has 4 aliphatic rings. The van der Waals surface area contributed by atoms with Gasteiger partial charge in [-0.1, -0.05) is 13.8 Å². The number of ketones is 1. The third kappa shape index (κ3) is 2.18. The van der Waals surface area contributed by atoms with Crippen molar-refractivity contribution in [3.05, 3.63) is 23.8 Å². The Hall–Kier alpha value is -1.59. The maximum atomic E-state index is 13.2. The third-order valence-corrected chi connectivity index (χ3v) is 7.14. The number of hydrogen-bond donors (Lipinski definition) is 2. The highest BCUT2D eigenvalue weighted by Gasteiger charge is 2.70. The molecule has 0 radical (unpaired) electrons. The van der Waals surface area contributed by atoms with E-state index in [9.17, 15) is 4.79 Å². The number of rotatable bonds is 5. The molecule has 0 aromatic heterocycles. The molecule has 0 aliphatic carbocycles. The molecule has 0 saturated carbocycles. The van der Waals surface area contributed by atoms with Crippen molar-refractivity contribution >= 4 is 5.78 Å². The number of hydrogen-bond acceptors (Lipinski definition) is 3. The second kappa shape index (κ2) is 5.71. The predicted molar refractivity (Wildman–Crippen MR) is 94.1 cm³/mol. The number of carbonyl (C=O) groups is 1. The van der Waals surface area contributed by atoms with Gasteiger partial charge in [0.25, 0.3) is 0 Å². The molecule has 0 amide bonds. The number of nitrogens with one attached hydrogen (secondary N) is 2. The molecule has 25 heavy (non-hydrogen) atoms. The van der Waals surface area contributed by atoms with E-state index in [4.69, 9.17) is 9.47 Å². The topological polar surface area (TPSA) is 44.4 Å². The first-order valence-electron chi connectivity index (χ1n) is 9.48. The zero-order valence-corrected chi connectivity index (χ0v) is 15.8. The number of methoxy groups -OCH3 is 2. The van der Waals surface area contributed by atoms with Crippen molar-refractivity contribution in [2.45, 2.75) is 32.9 Å². The van der Waals surface area contributed by atoms with E-state index < -0.39 is 0 Å². The highest BCUT2D eigenvalue weighted by atomic mass is 16.5. The monoisotopic (exact) mass is 346 g/mol. The van der Waals surface area contributed by atoms with Crippen molar-refractivity contribution in [3.8, 4) is 11.5 Å². The van der Waals surface area contributed by atoms with Gasteiger partial charge in [-0.15, -0.1) is 0 Å². The van der Waals surface area contributed by atoms with Gasteiger partial charge in [0, 0.05) is 0 Å². The van der Waals surface area contributed by atoms with E-state index in [-0.39, 0.29) is 10.8 Å². The van der Waals surface area contributed by atoms with Gasteiger partial charge in [0.2, 0.25) is 6.17 Å². The Labute approximate surface area is 149 Å². The minimum Gasteiger partial charge on any atom is -0.493 e. The van der Waals surface area contributed by atoms with Crippen LogP contribution in [-0.4, -0.2) is 46.2 Å². The molecule has 4 saturated heterocycles. The van der Waals surface area contributed by atoms with Crippen LogP contribution >= 0.6 is 0 Å². The van der Waals surface area contributed by atoms with Crippen LogP contribution in [0.15, 0.2) is 18.2 Å².